The number of hydrogen-bond donors (Lipinski definition) is 1. The van der Waals surface area contributed by atoms with Gasteiger partial charge in [-0.15, -0.1) is 11.8 Å². The fraction of sp³-hybridized carbons (Fsp3) is 0.400. The summed E-state index contributed by atoms with van der Waals surface area (Å²) in [6.07, 6.45) is 0. The summed E-state index contributed by atoms with van der Waals surface area (Å²) >= 11 is 5.18. The molecule has 0 amide bonds. The molecule has 1 rings (SSSR count). The first-order valence-corrected chi connectivity index (χ1v) is 6.13. The van der Waals surface area contributed by atoms with E-state index in [2.05, 4.69) is 28.1 Å². The standard InChI is InChI=1S/C10H14BrNOS/c1-13-6-9(12)7-14-10-4-2-3-8(11)5-10/h2-5,9H,6-7,12H2,1H3. The molecule has 0 aliphatic heterocycles. The van der Waals surface area contributed by atoms with Gasteiger partial charge in [-0.25, -0.2) is 0 Å². The van der Waals surface area contributed by atoms with E-state index in [0.717, 1.165) is 10.2 Å². The van der Waals surface area contributed by atoms with Crippen LogP contribution in [0.25, 0.3) is 0 Å². The van der Waals surface area contributed by atoms with Crippen molar-refractivity contribution in [3.63, 3.8) is 0 Å². The lowest BCUT2D eigenvalue weighted by molar-refractivity contribution is 0.186. The average molecular weight is 276 g/mol. The average Bonchev–Trinajstić information content (AvgIpc) is 2.15. The predicted octanol–water partition coefficient (Wildman–Crippen LogP) is 2.51. The van der Waals surface area contributed by atoms with Crippen molar-refractivity contribution in [2.24, 2.45) is 5.73 Å². The van der Waals surface area contributed by atoms with Gasteiger partial charge in [0.05, 0.1) is 6.61 Å². The minimum atomic E-state index is 0.101. The Morgan fingerprint density at radius 2 is 2.36 bits per heavy atom. The van der Waals surface area contributed by atoms with E-state index in [-0.39, 0.29) is 6.04 Å². The van der Waals surface area contributed by atoms with E-state index in [4.69, 9.17) is 10.5 Å². The maximum absolute atomic E-state index is 5.81. The molecule has 78 valence electrons. The summed E-state index contributed by atoms with van der Waals surface area (Å²) in [7, 11) is 1.67. The van der Waals surface area contributed by atoms with Gasteiger partial charge in [0.15, 0.2) is 0 Å². The van der Waals surface area contributed by atoms with Crippen LogP contribution in [0.2, 0.25) is 0 Å². The molecule has 1 aromatic carbocycles. The second-order valence-corrected chi connectivity index (χ2v) is 4.99. The first-order valence-electron chi connectivity index (χ1n) is 4.35. The molecule has 0 bridgehead atoms. The van der Waals surface area contributed by atoms with E-state index in [9.17, 15) is 0 Å². The van der Waals surface area contributed by atoms with E-state index in [1.807, 2.05) is 12.1 Å². The molecule has 1 atom stereocenters. The lowest BCUT2D eigenvalue weighted by atomic mass is 10.4. The second kappa shape index (κ2) is 6.45. The van der Waals surface area contributed by atoms with Crippen molar-refractivity contribution in [3.05, 3.63) is 28.7 Å². The number of thioether (sulfide) groups is 1. The van der Waals surface area contributed by atoms with Gasteiger partial charge in [-0.3, -0.25) is 0 Å². The van der Waals surface area contributed by atoms with Crippen LogP contribution >= 0.6 is 27.7 Å². The molecular weight excluding hydrogens is 262 g/mol. The Morgan fingerprint density at radius 1 is 1.57 bits per heavy atom. The molecule has 0 aliphatic rings. The van der Waals surface area contributed by atoms with Crippen molar-refractivity contribution in [1.82, 2.24) is 0 Å². The molecule has 0 heterocycles. The summed E-state index contributed by atoms with van der Waals surface area (Å²) in [6, 6.07) is 8.30. The minimum Gasteiger partial charge on any atom is -0.383 e. The molecule has 0 aliphatic carbocycles. The molecule has 0 saturated heterocycles. The van der Waals surface area contributed by atoms with Crippen LogP contribution in [-0.2, 0) is 4.74 Å². The summed E-state index contributed by atoms with van der Waals surface area (Å²) in [5.74, 6) is 0.879. The smallest absolute Gasteiger partial charge is 0.0621 e. The summed E-state index contributed by atoms with van der Waals surface area (Å²) in [4.78, 5) is 1.23. The van der Waals surface area contributed by atoms with Gasteiger partial charge in [-0.1, -0.05) is 22.0 Å². The van der Waals surface area contributed by atoms with Gasteiger partial charge in [0.25, 0.3) is 0 Å². The van der Waals surface area contributed by atoms with Crippen LogP contribution < -0.4 is 5.73 Å². The molecule has 2 nitrogen and oxygen atoms in total. The zero-order chi connectivity index (χ0) is 10.4. The lowest BCUT2D eigenvalue weighted by Crippen LogP contribution is -2.27. The molecule has 14 heavy (non-hydrogen) atoms. The topological polar surface area (TPSA) is 35.2 Å². The molecule has 1 aromatic rings. The highest BCUT2D eigenvalue weighted by Gasteiger charge is 2.02. The van der Waals surface area contributed by atoms with E-state index >= 15 is 0 Å². The number of ether oxygens (including phenoxy) is 1. The van der Waals surface area contributed by atoms with Gasteiger partial charge in [-0.2, -0.15) is 0 Å². The molecule has 2 N–H and O–H groups in total. The number of benzene rings is 1. The number of halogens is 1. The van der Waals surface area contributed by atoms with Crippen LogP contribution in [0.15, 0.2) is 33.6 Å². The van der Waals surface area contributed by atoms with Crippen molar-refractivity contribution < 1.29 is 4.74 Å². The van der Waals surface area contributed by atoms with Crippen LogP contribution in [0.3, 0.4) is 0 Å². The monoisotopic (exact) mass is 275 g/mol. The van der Waals surface area contributed by atoms with Crippen LogP contribution in [-0.4, -0.2) is 25.5 Å². The van der Waals surface area contributed by atoms with Crippen LogP contribution in [0.4, 0.5) is 0 Å². The van der Waals surface area contributed by atoms with E-state index in [1.54, 1.807) is 18.9 Å². The SMILES string of the molecule is COCC(N)CSc1cccc(Br)c1. The Balaban J connectivity index is 2.37. The Labute approximate surface area is 97.3 Å². The Hall–Kier alpha value is -0.0300. The molecule has 0 radical (unpaired) electrons. The fourth-order valence-corrected chi connectivity index (χ4v) is 2.46. The summed E-state index contributed by atoms with van der Waals surface area (Å²) < 4.78 is 6.07. The van der Waals surface area contributed by atoms with Crippen LogP contribution in [0, 0.1) is 0 Å². The lowest BCUT2D eigenvalue weighted by Gasteiger charge is -2.09. The van der Waals surface area contributed by atoms with Crippen molar-refractivity contribution >= 4 is 27.7 Å². The normalized spacial score (nSPS) is 12.8. The van der Waals surface area contributed by atoms with E-state index < -0.39 is 0 Å². The summed E-state index contributed by atoms with van der Waals surface area (Å²) in [5.41, 5.74) is 5.81. The third kappa shape index (κ3) is 4.46. The Bertz CT molecular complexity index is 283. The maximum Gasteiger partial charge on any atom is 0.0621 e. The van der Waals surface area contributed by atoms with Crippen molar-refractivity contribution in [2.45, 2.75) is 10.9 Å². The molecule has 1 unspecified atom stereocenters. The van der Waals surface area contributed by atoms with E-state index in [0.29, 0.717) is 6.61 Å². The number of nitrogens with two attached hydrogens (primary N) is 1. The summed E-state index contributed by atoms with van der Waals surface area (Å²) in [6.45, 7) is 0.612. The van der Waals surface area contributed by atoms with Gasteiger partial charge in [0, 0.05) is 28.3 Å². The second-order valence-electron chi connectivity index (χ2n) is 2.98. The zero-order valence-electron chi connectivity index (χ0n) is 8.07. The van der Waals surface area contributed by atoms with Gasteiger partial charge in [0.2, 0.25) is 0 Å². The molecule has 4 heteroatoms. The molecule has 0 fully saturated rings. The molecule has 0 spiro atoms. The molecular formula is C10H14BrNOS. The highest BCUT2D eigenvalue weighted by Crippen LogP contribution is 2.22. The quantitative estimate of drug-likeness (QED) is 0.839. The van der Waals surface area contributed by atoms with Gasteiger partial charge < -0.3 is 10.5 Å². The zero-order valence-corrected chi connectivity index (χ0v) is 10.5. The van der Waals surface area contributed by atoms with Crippen molar-refractivity contribution in [3.8, 4) is 0 Å². The minimum absolute atomic E-state index is 0.101. The number of rotatable bonds is 5. The largest absolute Gasteiger partial charge is 0.383 e. The molecule has 0 aromatic heterocycles. The number of methoxy groups -OCH3 is 1. The third-order valence-electron chi connectivity index (χ3n) is 1.64. The van der Waals surface area contributed by atoms with E-state index in [1.165, 1.54) is 4.90 Å². The molecule has 0 saturated carbocycles. The first-order chi connectivity index (χ1) is 6.72. The predicted molar refractivity (Wildman–Crippen MR) is 64.7 cm³/mol. The van der Waals surface area contributed by atoms with Gasteiger partial charge in [-0.05, 0) is 18.2 Å². The highest BCUT2D eigenvalue weighted by molar-refractivity contribution is 9.10. The maximum atomic E-state index is 5.81. The fourth-order valence-electron chi connectivity index (χ4n) is 1.02. The van der Waals surface area contributed by atoms with Gasteiger partial charge in [0.1, 0.15) is 0 Å². The Kier molecular flexibility index (Phi) is 5.55. The van der Waals surface area contributed by atoms with Crippen molar-refractivity contribution in [2.75, 3.05) is 19.5 Å². The van der Waals surface area contributed by atoms with Crippen LogP contribution in [0.5, 0.6) is 0 Å². The van der Waals surface area contributed by atoms with Crippen molar-refractivity contribution in [1.29, 1.82) is 0 Å². The highest BCUT2D eigenvalue weighted by atomic mass is 79.9. The van der Waals surface area contributed by atoms with Gasteiger partial charge >= 0.3 is 0 Å². The Morgan fingerprint density at radius 3 is 3.00 bits per heavy atom. The first kappa shape index (κ1) is 12.0. The van der Waals surface area contributed by atoms with Crippen LogP contribution in [0.1, 0.15) is 0 Å². The summed E-state index contributed by atoms with van der Waals surface area (Å²) in [5, 5.41) is 0. The third-order valence-corrected chi connectivity index (χ3v) is 3.32. The number of hydrogen-bond acceptors (Lipinski definition) is 3.